The van der Waals surface area contributed by atoms with Crippen LogP contribution in [0.2, 0.25) is 0 Å². The number of rotatable bonds is 0. The second-order valence-electron chi connectivity index (χ2n) is 1.28. The summed E-state index contributed by atoms with van der Waals surface area (Å²) in [5, 5.41) is 0. The molecule has 0 spiro atoms. The molecule has 12 nitrogen and oxygen atoms in total. The molecule has 0 aromatic heterocycles. The van der Waals surface area contributed by atoms with Crippen LogP contribution in [0.1, 0.15) is 0 Å². The fourth-order valence-corrected chi connectivity index (χ4v) is 0. The minimum Gasteiger partial charge on any atom is -0.726 e. The van der Waals surface area contributed by atoms with Gasteiger partial charge in [-0.2, -0.15) is 0 Å². The summed E-state index contributed by atoms with van der Waals surface area (Å²) in [6.45, 7) is 0. The maximum absolute atomic E-state index is 8.63. The molecule has 0 atom stereocenters. The molecule has 96 valence electrons. The minimum atomic E-state index is -4.92. The molecule has 0 saturated carbocycles. The second-order valence-corrected chi connectivity index (χ2v) is 3.85. The van der Waals surface area contributed by atoms with Crippen molar-refractivity contribution in [3.05, 3.63) is 0 Å². The van der Waals surface area contributed by atoms with Crippen molar-refractivity contribution in [1.82, 2.24) is 0 Å². The zero-order valence-corrected chi connectivity index (χ0v) is 12.6. The van der Waals surface area contributed by atoms with Gasteiger partial charge in [-0.1, -0.05) is 0 Å². The molecule has 0 bridgehead atoms. The molecule has 0 radical (unpaired) electrons. The van der Waals surface area contributed by atoms with Crippen LogP contribution in [-0.4, -0.2) is 78.4 Å². The molecule has 0 rings (SSSR count). The minimum absolute atomic E-state index is 0. The van der Waals surface area contributed by atoms with Gasteiger partial charge >= 0.3 is 25.8 Å². The van der Waals surface area contributed by atoms with Crippen molar-refractivity contribution in [2.75, 3.05) is 0 Å². The molecule has 16 heavy (non-hydrogen) atoms. The Balaban J connectivity index is -0.0000000655. The monoisotopic (exact) mass is 406 g/mol. The van der Waals surface area contributed by atoms with E-state index >= 15 is 0 Å². The topological polar surface area (TPSA) is 232 Å². The van der Waals surface area contributed by atoms with Crippen LogP contribution >= 0.6 is 0 Å². The van der Waals surface area contributed by atoms with E-state index in [1.165, 1.54) is 0 Å². The van der Waals surface area contributed by atoms with Gasteiger partial charge < -0.3 is 13.7 Å². The zero-order chi connectivity index (χ0) is 13.5. The molecule has 16 heteroatoms. The quantitative estimate of drug-likeness (QED) is 0.264. The average Bonchev–Trinajstić information content (AvgIpc) is 1.41. The van der Waals surface area contributed by atoms with Crippen molar-refractivity contribution in [3.63, 3.8) is 0 Å². The summed E-state index contributed by atoms with van der Waals surface area (Å²) in [5.41, 5.74) is 0. The standard InChI is InChI=1S/In.3H2O4S/c;3*1-5(2,3)4/h;3*(H2,1,2,3,4)/q+3;;;/p-3. The molecule has 0 aromatic carbocycles. The Bertz CT molecular complexity index is 337. The van der Waals surface area contributed by atoms with Gasteiger partial charge in [0, 0.05) is 0 Å². The van der Waals surface area contributed by atoms with Gasteiger partial charge in [0.2, 0.25) is 31.2 Å². The van der Waals surface area contributed by atoms with Crippen LogP contribution in [0.25, 0.3) is 0 Å². The van der Waals surface area contributed by atoms with Crippen LogP contribution in [-0.2, 0) is 31.2 Å². The molecular weight excluding hydrogens is 403 g/mol. The summed E-state index contributed by atoms with van der Waals surface area (Å²) in [7, 11) is -14.7. The van der Waals surface area contributed by atoms with Gasteiger partial charge in [0.05, 0.1) is 0 Å². The first-order chi connectivity index (χ1) is 6.00. The maximum Gasteiger partial charge on any atom is 3.00 e. The van der Waals surface area contributed by atoms with Gasteiger partial charge in [-0.05, 0) is 0 Å². The molecule has 0 fully saturated rings. The van der Waals surface area contributed by atoms with E-state index in [2.05, 4.69) is 0 Å². The third-order valence-electron chi connectivity index (χ3n) is 0. The summed E-state index contributed by atoms with van der Waals surface area (Å²) in [5.74, 6) is 0. The Labute approximate surface area is 109 Å². The first kappa shape index (κ1) is 25.4. The predicted octanol–water partition coefficient (Wildman–Crippen LogP) is -3.37. The molecule has 0 aliphatic rings. The van der Waals surface area contributed by atoms with E-state index in [0.29, 0.717) is 0 Å². The normalized spacial score (nSPS) is 10.9. The van der Waals surface area contributed by atoms with Gasteiger partial charge in [-0.3, -0.25) is 13.7 Å². The molecule has 0 heterocycles. The maximum atomic E-state index is 8.63. The Morgan fingerprint density at radius 1 is 0.562 bits per heavy atom. The van der Waals surface area contributed by atoms with Crippen molar-refractivity contribution >= 4 is 57.0 Å². The molecule has 3 N–H and O–H groups in total. The molecule has 0 aliphatic heterocycles. The Hall–Kier alpha value is 0.480. The molecular formula is H3InO12S3. The van der Waals surface area contributed by atoms with E-state index < -0.39 is 31.2 Å². The zero-order valence-electron chi connectivity index (χ0n) is 6.82. The van der Waals surface area contributed by atoms with Gasteiger partial charge in [0.1, 0.15) is 0 Å². The largest absolute Gasteiger partial charge is 3.00 e. The summed E-state index contributed by atoms with van der Waals surface area (Å²) in [4.78, 5) is 0. The summed E-state index contributed by atoms with van der Waals surface area (Å²) >= 11 is 0. The smallest absolute Gasteiger partial charge is 0.726 e. The van der Waals surface area contributed by atoms with Gasteiger partial charge in [-0.15, -0.1) is 0 Å². The second kappa shape index (κ2) is 9.50. The van der Waals surface area contributed by atoms with Crippen molar-refractivity contribution in [3.8, 4) is 0 Å². The Morgan fingerprint density at radius 2 is 0.562 bits per heavy atom. The van der Waals surface area contributed by atoms with Crippen LogP contribution in [0.3, 0.4) is 0 Å². The van der Waals surface area contributed by atoms with Gasteiger partial charge in [0.15, 0.2) is 0 Å². The summed E-state index contributed by atoms with van der Waals surface area (Å²) in [6, 6.07) is 0. The van der Waals surface area contributed by atoms with Crippen molar-refractivity contribution in [1.29, 1.82) is 0 Å². The third kappa shape index (κ3) is 11400. The first-order valence-electron chi connectivity index (χ1n) is 2.05. The molecule has 0 saturated heterocycles. The van der Waals surface area contributed by atoms with Crippen molar-refractivity contribution in [2.45, 2.75) is 0 Å². The van der Waals surface area contributed by atoms with E-state index in [1.54, 1.807) is 0 Å². The van der Waals surface area contributed by atoms with E-state index in [1.807, 2.05) is 0 Å². The fourth-order valence-electron chi connectivity index (χ4n) is 0. The van der Waals surface area contributed by atoms with Crippen LogP contribution in [0, 0.1) is 0 Å². The SMILES string of the molecule is O=S(=O)([O-])O.O=S(=O)([O-])O.O=S(=O)([O-])O.[In+3]. The molecule has 0 aliphatic carbocycles. The first-order valence-corrected chi connectivity index (χ1v) is 6.14. The predicted molar refractivity (Wildman–Crippen MR) is 42.7 cm³/mol. The van der Waals surface area contributed by atoms with Crippen molar-refractivity contribution < 1.29 is 52.6 Å². The van der Waals surface area contributed by atoms with Crippen LogP contribution in [0.4, 0.5) is 0 Å². The fraction of sp³-hybridized carbons (Fsp3) is 0. The van der Waals surface area contributed by atoms with Gasteiger partial charge in [-0.25, -0.2) is 25.3 Å². The van der Waals surface area contributed by atoms with E-state index in [4.69, 9.17) is 52.6 Å². The van der Waals surface area contributed by atoms with Crippen molar-refractivity contribution in [2.24, 2.45) is 0 Å². The molecule has 0 unspecified atom stereocenters. The average molecular weight is 406 g/mol. The number of hydrogen-bond acceptors (Lipinski definition) is 9. The Kier molecular flexibility index (Phi) is 15.1. The van der Waals surface area contributed by atoms with Crippen LogP contribution < -0.4 is 0 Å². The summed E-state index contributed by atoms with van der Waals surface area (Å²) in [6.07, 6.45) is 0. The van der Waals surface area contributed by atoms with Gasteiger partial charge in [0.25, 0.3) is 0 Å². The molecule has 0 amide bonds. The summed E-state index contributed by atoms with van der Waals surface area (Å²) < 4.78 is 98.5. The third-order valence-corrected chi connectivity index (χ3v) is 0. The van der Waals surface area contributed by atoms with Crippen LogP contribution in [0.5, 0.6) is 0 Å². The molecule has 0 aromatic rings. The van der Waals surface area contributed by atoms with E-state index in [9.17, 15) is 0 Å². The Morgan fingerprint density at radius 3 is 0.562 bits per heavy atom. The van der Waals surface area contributed by atoms with E-state index in [-0.39, 0.29) is 25.8 Å². The van der Waals surface area contributed by atoms with Crippen LogP contribution in [0.15, 0.2) is 0 Å². The van der Waals surface area contributed by atoms with E-state index in [0.717, 1.165) is 0 Å². The number of hydrogen-bond donors (Lipinski definition) is 3.